The molecule has 2 aromatic rings. The van der Waals surface area contributed by atoms with Crippen molar-refractivity contribution in [3.63, 3.8) is 0 Å². The number of hydrazone groups is 1. The van der Waals surface area contributed by atoms with E-state index >= 15 is 0 Å². The molecule has 0 radical (unpaired) electrons. The second kappa shape index (κ2) is 6.29. The van der Waals surface area contributed by atoms with Crippen molar-refractivity contribution >= 4 is 16.2 Å². The molecule has 2 aromatic carbocycles. The Bertz CT molecular complexity index is 851. The molecule has 0 atom stereocenters. The number of phenols is 2. The average molecular weight is 334 g/mol. The fourth-order valence-electron chi connectivity index (χ4n) is 2.45. The molecule has 0 aromatic heterocycles. The topological polar surface area (TPSA) is 99.0 Å². The molecular weight excluding hydrogens is 316 g/mol. The molecule has 0 unspecified atom stereocenters. The van der Waals surface area contributed by atoms with Crippen molar-refractivity contribution in [1.82, 2.24) is 4.83 Å². The summed E-state index contributed by atoms with van der Waals surface area (Å²) in [6.45, 7) is 5.34. The van der Waals surface area contributed by atoms with Crippen LogP contribution in [0.4, 0.5) is 0 Å². The summed E-state index contributed by atoms with van der Waals surface area (Å²) in [7, 11) is -3.82. The maximum atomic E-state index is 12.4. The first-order valence-electron chi connectivity index (χ1n) is 6.86. The van der Waals surface area contributed by atoms with Gasteiger partial charge in [-0.2, -0.15) is 13.5 Å². The summed E-state index contributed by atoms with van der Waals surface area (Å²) in [5, 5.41) is 22.7. The Balaban J connectivity index is 2.29. The molecule has 0 amide bonds. The normalized spacial score (nSPS) is 11.8. The summed E-state index contributed by atoms with van der Waals surface area (Å²) >= 11 is 0. The molecule has 3 N–H and O–H groups in total. The molecular formula is C16H18N2O4S. The molecule has 0 bridgehead atoms. The lowest BCUT2D eigenvalue weighted by Crippen LogP contribution is -2.20. The van der Waals surface area contributed by atoms with Gasteiger partial charge in [0.2, 0.25) is 0 Å². The summed E-state index contributed by atoms with van der Waals surface area (Å²) in [5.74, 6) is -0.667. The molecule has 6 nitrogen and oxygen atoms in total. The molecule has 2 rings (SSSR count). The third-order valence-corrected chi connectivity index (χ3v) is 4.82. The maximum Gasteiger partial charge on any atom is 0.277 e. The van der Waals surface area contributed by atoms with Gasteiger partial charge in [0.15, 0.2) is 11.5 Å². The van der Waals surface area contributed by atoms with Gasteiger partial charge in [-0.15, -0.1) is 0 Å². The number of aromatic hydroxyl groups is 2. The smallest absolute Gasteiger partial charge is 0.277 e. The van der Waals surface area contributed by atoms with Crippen molar-refractivity contribution < 1.29 is 18.6 Å². The van der Waals surface area contributed by atoms with Gasteiger partial charge in [-0.1, -0.05) is 23.8 Å². The molecule has 0 spiro atoms. The summed E-state index contributed by atoms with van der Waals surface area (Å²) in [5.41, 5.74) is 2.44. The third kappa shape index (κ3) is 3.62. The van der Waals surface area contributed by atoms with E-state index in [0.717, 1.165) is 11.8 Å². The standard InChI is InChI=1S/C16H18N2O4S/c1-10-7-11(2)16(12(3)8-10)23(21,22)18-17-9-13-5-4-6-14(19)15(13)20/h4-9,18-20H,1-3H3/b17-9+. The van der Waals surface area contributed by atoms with Gasteiger partial charge in [-0.3, -0.25) is 0 Å². The first kappa shape index (κ1) is 16.8. The molecule has 0 aliphatic heterocycles. The van der Waals surface area contributed by atoms with E-state index in [4.69, 9.17) is 0 Å². The Labute approximate surface area is 135 Å². The van der Waals surface area contributed by atoms with Gasteiger partial charge >= 0.3 is 0 Å². The zero-order chi connectivity index (χ0) is 17.2. The highest BCUT2D eigenvalue weighted by molar-refractivity contribution is 7.89. The van der Waals surface area contributed by atoms with Gasteiger partial charge in [0.1, 0.15) is 0 Å². The number of nitrogens with zero attached hydrogens (tertiary/aromatic N) is 1. The van der Waals surface area contributed by atoms with E-state index in [1.165, 1.54) is 18.2 Å². The quantitative estimate of drug-likeness (QED) is 0.454. The van der Waals surface area contributed by atoms with Gasteiger partial charge in [0.05, 0.1) is 11.1 Å². The number of hydrogen-bond acceptors (Lipinski definition) is 5. The molecule has 23 heavy (non-hydrogen) atoms. The van der Waals surface area contributed by atoms with Crippen molar-refractivity contribution in [2.45, 2.75) is 25.7 Å². The van der Waals surface area contributed by atoms with Gasteiger partial charge in [0, 0.05) is 5.56 Å². The second-order valence-corrected chi connectivity index (χ2v) is 6.89. The Morgan fingerprint density at radius 3 is 2.30 bits per heavy atom. The average Bonchev–Trinajstić information content (AvgIpc) is 2.41. The van der Waals surface area contributed by atoms with Crippen LogP contribution in [-0.4, -0.2) is 24.8 Å². The van der Waals surface area contributed by atoms with Crippen LogP contribution in [0.15, 0.2) is 40.3 Å². The molecule has 0 aliphatic rings. The van der Waals surface area contributed by atoms with Crippen molar-refractivity contribution in [3.8, 4) is 11.5 Å². The largest absolute Gasteiger partial charge is 0.504 e. The van der Waals surface area contributed by atoms with E-state index in [-0.39, 0.29) is 22.0 Å². The lowest BCUT2D eigenvalue weighted by molar-refractivity contribution is 0.403. The molecule has 7 heteroatoms. The van der Waals surface area contributed by atoms with Crippen molar-refractivity contribution in [2.24, 2.45) is 5.10 Å². The van der Waals surface area contributed by atoms with Crippen molar-refractivity contribution in [1.29, 1.82) is 0 Å². The van der Waals surface area contributed by atoms with Crippen molar-refractivity contribution in [2.75, 3.05) is 0 Å². The highest BCUT2D eigenvalue weighted by Gasteiger charge is 2.19. The number of phenolic OH excluding ortho intramolecular Hbond substituents is 2. The Hall–Kier alpha value is -2.54. The Morgan fingerprint density at radius 1 is 1.09 bits per heavy atom. The van der Waals surface area contributed by atoms with Crippen LogP contribution in [0.2, 0.25) is 0 Å². The molecule has 122 valence electrons. The van der Waals surface area contributed by atoms with Crippen LogP contribution in [0.1, 0.15) is 22.3 Å². The summed E-state index contributed by atoms with van der Waals surface area (Å²) < 4.78 is 24.8. The van der Waals surface area contributed by atoms with Crippen LogP contribution >= 0.6 is 0 Å². The number of hydrogen-bond donors (Lipinski definition) is 3. The van der Waals surface area contributed by atoms with Crippen molar-refractivity contribution in [3.05, 3.63) is 52.6 Å². The van der Waals surface area contributed by atoms with Crippen LogP contribution in [-0.2, 0) is 10.0 Å². The first-order valence-corrected chi connectivity index (χ1v) is 8.34. The Morgan fingerprint density at radius 2 is 1.70 bits per heavy atom. The van der Waals surface area contributed by atoms with E-state index in [2.05, 4.69) is 9.93 Å². The van der Waals surface area contributed by atoms with E-state index in [9.17, 15) is 18.6 Å². The van der Waals surface area contributed by atoms with Gasteiger partial charge in [-0.25, -0.2) is 4.83 Å². The van der Waals surface area contributed by atoms with E-state index < -0.39 is 10.0 Å². The Kier molecular flexibility index (Phi) is 4.60. The number of rotatable bonds is 4. The lowest BCUT2D eigenvalue weighted by atomic mass is 10.1. The zero-order valence-electron chi connectivity index (χ0n) is 13.0. The van der Waals surface area contributed by atoms with Gasteiger partial charge in [0.25, 0.3) is 10.0 Å². The van der Waals surface area contributed by atoms with Crippen LogP contribution in [0.25, 0.3) is 0 Å². The monoisotopic (exact) mass is 334 g/mol. The number of para-hydroxylation sites is 1. The number of benzene rings is 2. The van der Waals surface area contributed by atoms with Crippen LogP contribution in [0.5, 0.6) is 11.5 Å². The lowest BCUT2D eigenvalue weighted by Gasteiger charge is -2.11. The summed E-state index contributed by atoms with van der Waals surface area (Å²) in [6.07, 6.45) is 1.13. The van der Waals surface area contributed by atoms with Crippen LogP contribution in [0.3, 0.4) is 0 Å². The predicted octanol–water partition coefficient (Wildman–Crippen LogP) is 2.34. The second-order valence-electron chi connectivity index (χ2n) is 5.30. The molecule has 0 fully saturated rings. The molecule has 0 heterocycles. The third-order valence-electron chi connectivity index (χ3n) is 3.30. The highest BCUT2D eigenvalue weighted by Crippen LogP contribution is 2.26. The predicted molar refractivity (Wildman–Crippen MR) is 88.3 cm³/mol. The van der Waals surface area contributed by atoms with Crippen LogP contribution in [0, 0.1) is 20.8 Å². The maximum absolute atomic E-state index is 12.4. The fourth-order valence-corrected chi connectivity index (χ4v) is 3.70. The minimum Gasteiger partial charge on any atom is -0.504 e. The number of nitrogens with one attached hydrogen (secondary N) is 1. The van der Waals surface area contributed by atoms with E-state index in [1.807, 2.05) is 6.92 Å². The van der Waals surface area contributed by atoms with E-state index in [0.29, 0.717) is 11.1 Å². The summed E-state index contributed by atoms with van der Waals surface area (Å²) in [4.78, 5) is 2.30. The first-order chi connectivity index (χ1) is 10.7. The minimum absolute atomic E-state index is 0.181. The fraction of sp³-hybridized carbons (Fsp3) is 0.188. The zero-order valence-corrected chi connectivity index (χ0v) is 13.8. The molecule has 0 saturated carbocycles. The number of sulfonamides is 1. The SMILES string of the molecule is Cc1cc(C)c(S(=O)(=O)N/N=C/c2cccc(O)c2O)c(C)c1. The van der Waals surface area contributed by atoms with Crippen LogP contribution < -0.4 is 4.83 Å². The highest BCUT2D eigenvalue weighted by atomic mass is 32.2. The molecule has 0 aliphatic carbocycles. The minimum atomic E-state index is -3.82. The van der Waals surface area contributed by atoms with E-state index in [1.54, 1.807) is 26.0 Å². The van der Waals surface area contributed by atoms with Gasteiger partial charge < -0.3 is 10.2 Å². The molecule has 0 saturated heterocycles. The van der Waals surface area contributed by atoms with Gasteiger partial charge in [-0.05, 0) is 44.0 Å². The number of aryl methyl sites for hydroxylation is 3. The summed E-state index contributed by atoms with van der Waals surface area (Å²) in [6, 6.07) is 7.89.